The summed E-state index contributed by atoms with van der Waals surface area (Å²) in [5.41, 5.74) is 3.48. The molecular weight excluding hydrogens is 480 g/mol. The number of anilines is 1. The van der Waals surface area contributed by atoms with Gasteiger partial charge in [-0.3, -0.25) is 19.2 Å². The van der Waals surface area contributed by atoms with Gasteiger partial charge < -0.3 is 4.74 Å². The number of nitrogens with zero attached hydrogens (tertiary/aromatic N) is 3. The van der Waals surface area contributed by atoms with Gasteiger partial charge in [-0.15, -0.1) is 11.3 Å². The van der Waals surface area contributed by atoms with Crippen molar-refractivity contribution in [3.63, 3.8) is 0 Å². The van der Waals surface area contributed by atoms with Crippen LogP contribution in [0.1, 0.15) is 16.0 Å². The molecule has 0 unspecified atom stereocenters. The number of sulfonamides is 1. The van der Waals surface area contributed by atoms with E-state index < -0.39 is 27.4 Å². The minimum Gasteiger partial charge on any atom is -0.497 e. The van der Waals surface area contributed by atoms with Crippen LogP contribution in [-0.2, 0) is 14.8 Å². The third-order valence-electron chi connectivity index (χ3n) is 4.89. The lowest BCUT2D eigenvalue weighted by Gasteiger charge is -2.24. The predicted octanol–water partition coefficient (Wildman–Crippen LogP) is 3.63. The minimum absolute atomic E-state index is 0.178. The first-order valence-corrected chi connectivity index (χ1v) is 12.2. The van der Waals surface area contributed by atoms with E-state index >= 15 is 0 Å². The van der Waals surface area contributed by atoms with Gasteiger partial charge in [0.1, 0.15) is 12.3 Å². The van der Waals surface area contributed by atoms with Crippen LogP contribution in [0.3, 0.4) is 0 Å². The van der Waals surface area contributed by atoms with E-state index in [1.807, 2.05) is 18.4 Å². The third-order valence-corrected chi connectivity index (χ3v) is 7.61. The predicted molar refractivity (Wildman–Crippen MR) is 130 cm³/mol. The van der Waals surface area contributed by atoms with E-state index in [2.05, 4.69) is 10.5 Å². The van der Waals surface area contributed by atoms with Crippen molar-refractivity contribution in [1.29, 1.82) is 0 Å². The Balaban J connectivity index is 1.94. The second-order valence-electron chi connectivity index (χ2n) is 7.18. The number of rotatable bonds is 9. The summed E-state index contributed by atoms with van der Waals surface area (Å²) in [6.07, 6.45) is 1.48. The van der Waals surface area contributed by atoms with E-state index in [4.69, 9.17) is 4.74 Å². The van der Waals surface area contributed by atoms with E-state index in [9.17, 15) is 23.3 Å². The molecular formula is C22H22N4O6S2. The monoisotopic (exact) mass is 502 g/mol. The minimum atomic E-state index is -4.34. The van der Waals surface area contributed by atoms with Crippen LogP contribution in [0, 0.1) is 24.0 Å². The van der Waals surface area contributed by atoms with Crippen LogP contribution in [-0.4, -0.2) is 39.1 Å². The number of nitrogens with one attached hydrogen (secondary N) is 1. The topological polar surface area (TPSA) is 131 Å². The molecule has 3 aromatic rings. The molecule has 0 saturated heterocycles. The highest BCUT2D eigenvalue weighted by Crippen LogP contribution is 2.29. The van der Waals surface area contributed by atoms with Crippen LogP contribution >= 0.6 is 11.3 Å². The zero-order chi connectivity index (χ0) is 24.9. The average Bonchev–Trinajstić information content (AvgIpc) is 3.22. The number of methoxy groups -OCH3 is 1. The van der Waals surface area contributed by atoms with Gasteiger partial charge in [0, 0.05) is 16.5 Å². The van der Waals surface area contributed by atoms with Crippen molar-refractivity contribution in [2.45, 2.75) is 18.7 Å². The molecule has 0 spiro atoms. The number of benzene rings is 2. The molecule has 12 heteroatoms. The van der Waals surface area contributed by atoms with Gasteiger partial charge in [0.25, 0.3) is 21.6 Å². The molecule has 3 rings (SSSR count). The van der Waals surface area contributed by atoms with Gasteiger partial charge in [-0.05, 0) is 61.2 Å². The van der Waals surface area contributed by atoms with Crippen molar-refractivity contribution in [3.8, 4) is 5.75 Å². The Bertz CT molecular complexity index is 1330. The van der Waals surface area contributed by atoms with Crippen molar-refractivity contribution < 1.29 is 22.9 Å². The summed E-state index contributed by atoms with van der Waals surface area (Å²) in [6, 6.07) is 11.6. The number of hydrogen-bond donors (Lipinski definition) is 1. The van der Waals surface area contributed by atoms with Crippen molar-refractivity contribution in [3.05, 3.63) is 80.0 Å². The number of nitro groups is 1. The Hall–Kier alpha value is -3.77. The van der Waals surface area contributed by atoms with E-state index in [1.54, 1.807) is 12.1 Å². The molecule has 2 aromatic carbocycles. The van der Waals surface area contributed by atoms with Crippen molar-refractivity contribution in [2.75, 3.05) is 18.0 Å². The van der Waals surface area contributed by atoms with Gasteiger partial charge in [0.15, 0.2) is 0 Å². The van der Waals surface area contributed by atoms with Crippen LogP contribution in [0.2, 0.25) is 0 Å². The summed E-state index contributed by atoms with van der Waals surface area (Å²) in [5.74, 6) is -0.195. The van der Waals surface area contributed by atoms with Gasteiger partial charge in [0.2, 0.25) is 0 Å². The smallest absolute Gasteiger partial charge is 0.273 e. The second-order valence-corrected chi connectivity index (χ2v) is 9.99. The summed E-state index contributed by atoms with van der Waals surface area (Å²) < 4.78 is 32.9. The number of carbonyl (C=O) groups is 1. The molecule has 34 heavy (non-hydrogen) atoms. The summed E-state index contributed by atoms with van der Waals surface area (Å²) in [7, 11) is -2.87. The first-order chi connectivity index (χ1) is 16.1. The van der Waals surface area contributed by atoms with Gasteiger partial charge >= 0.3 is 0 Å². The molecule has 0 bridgehead atoms. The molecule has 1 aromatic heterocycles. The number of thiophene rings is 1. The Labute approximate surface area is 200 Å². The maximum Gasteiger partial charge on any atom is 0.273 e. The fourth-order valence-electron chi connectivity index (χ4n) is 2.98. The molecule has 0 aliphatic rings. The Kier molecular flexibility index (Phi) is 7.64. The highest BCUT2D eigenvalue weighted by Gasteiger charge is 2.29. The Morgan fingerprint density at radius 2 is 1.88 bits per heavy atom. The quantitative estimate of drug-likeness (QED) is 0.270. The molecule has 1 heterocycles. The maximum atomic E-state index is 13.5. The Morgan fingerprint density at radius 1 is 1.18 bits per heavy atom. The number of aryl methyl sites for hydroxylation is 2. The van der Waals surface area contributed by atoms with E-state index in [0.717, 1.165) is 20.8 Å². The van der Waals surface area contributed by atoms with Crippen LogP contribution in [0.15, 0.2) is 63.9 Å². The largest absolute Gasteiger partial charge is 0.497 e. The normalized spacial score (nSPS) is 11.4. The number of nitro benzene ring substituents is 1. The molecule has 1 amide bonds. The number of carbonyl (C=O) groups excluding carboxylic acids is 1. The lowest BCUT2D eigenvalue weighted by molar-refractivity contribution is -0.385. The van der Waals surface area contributed by atoms with Crippen LogP contribution in [0.25, 0.3) is 0 Å². The highest BCUT2D eigenvalue weighted by atomic mass is 32.2. The fourth-order valence-corrected chi connectivity index (χ4v) is 5.21. The standard InChI is InChI=1S/C22H22N4O6S2/c1-15-4-9-19(12-20(15)26(28)29)34(30,31)25(17-5-7-18(32-3)8-6-17)14-22(27)24-23-13-21-16(2)10-11-33-21/h4-13H,14H2,1-3H3,(H,24,27)/b23-13-. The number of ether oxygens (including phenoxy) is 1. The van der Waals surface area contributed by atoms with Crippen LogP contribution < -0.4 is 14.5 Å². The van der Waals surface area contributed by atoms with E-state index in [1.165, 1.54) is 55.9 Å². The average molecular weight is 503 g/mol. The Morgan fingerprint density at radius 3 is 2.47 bits per heavy atom. The van der Waals surface area contributed by atoms with Gasteiger partial charge in [-0.25, -0.2) is 13.8 Å². The zero-order valence-corrected chi connectivity index (χ0v) is 20.2. The molecule has 178 valence electrons. The van der Waals surface area contributed by atoms with Crippen LogP contribution in [0.5, 0.6) is 5.75 Å². The summed E-state index contributed by atoms with van der Waals surface area (Å²) in [4.78, 5) is 23.8. The van der Waals surface area contributed by atoms with Crippen molar-refractivity contribution in [2.24, 2.45) is 5.10 Å². The summed E-state index contributed by atoms with van der Waals surface area (Å²) in [6.45, 7) is 2.81. The zero-order valence-electron chi connectivity index (χ0n) is 18.6. The molecule has 0 fully saturated rings. The fraction of sp³-hybridized carbons (Fsp3) is 0.182. The van der Waals surface area contributed by atoms with E-state index in [0.29, 0.717) is 11.3 Å². The SMILES string of the molecule is COc1ccc(N(CC(=O)N/N=C\c2sccc2C)S(=O)(=O)c2ccc(C)c([N+](=O)[O-])c2)cc1. The second kappa shape index (κ2) is 10.4. The number of hydrazone groups is 1. The lowest BCUT2D eigenvalue weighted by atomic mass is 10.2. The molecule has 0 saturated carbocycles. The molecule has 0 aliphatic carbocycles. The van der Waals surface area contributed by atoms with Crippen molar-refractivity contribution in [1.82, 2.24) is 5.43 Å². The molecule has 0 radical (unpaired) electrons. The maximum absolute atomic E-state index is 13.5. The molecule has 1 N–H and O–H groups in total. The molecule has 0 aliphatic heterocycles. The van der Waals surface area contributed by atoms with Gasteiger partial charge in [-0.2, -0.15) is 5.10 Å². The lowest BCUT2D eigenvalue weighted by Crippen LogP contribution is -2.39. The van der Waals surface area contributed by atoms with Gasteiger partial charge in [0.05, 0.1) is 28.8 Å². The number of hydrogen-bond acceptors (Lipinski definition) is 8. The first-order valence-electron chi connectivity index (χ1n) is 9.91. The van der Waals surface area contributed by atoms with Crippen LogP contribution in [0.4, 0.5) is 11.4 Å². The van der Waals surface area contributed by atoms with E-state index in [-0.39, 0.29) is 16.3 Å². The van der Waals surface area contributed by atoms with Gasteiger partial charge in [-0.1, -0.05) is 6.07 Å². The number of amides is 1. The first kappa shape index (κ1) is 24.9. The highest BCUT2D eigenvalue weighted by molar-refractivity contribution is 7.92. The summed E-state index contributed by atoms with van der Waals surface area (Å²) in [5, 5.41) is 17.1. The van der Waals surface area contributed by atoms with Crippen molar-refractivity contribution >= 4 is 44.9 Å². The molecule has 0 atom stereocenters. The third kappa shape index (κ3) is 5.58. The summed E-state index contributed by atoms with van der Waals surface area (Å²) >= 11 is 1.45. The molecule has 10 nitrogen and oxygen atoms in total.